The van der Waals surface area contributed by atoms with Crippen LogP contribution in [0, 0.1) is 5.82 Å². The van der Waals surface area contributed by atoms with Crippen molar-refractivity contribution >= 4 is 22.9 Å². The number of carbonyl (C=O) groups excluding carboxylic acids is 2. The van der Waals surface area contributed by atoms with Gasteiger partial charge in [0.15, 0.2) is 6.61 Å². The summed E-state index contributed by atoms with van der Waals surface area (Å²) in [7, 11) is 0. The van der Waals surface area contributed by atoms with Crippen LogP contribution in [-0.4, -0.2) is 33.5 Å². The van der Waals surface area contributed by atoms with Crippen LogP contribution in [-0.2, 0) is 22.6 Å². The summed E-state index contributed by atoms with van der Waals surface area (Å²) in [6.45, 7) is 2.18. The van der Waals surface area contributed by atoms with Crippen LogP contribution in [0.1, 0.15) is 22.8 Å². The zero-order valence-corrected chi connectivity index (χ0v) is 14.1. The van der Waals surface area contributed by atoms with Crippen LogP contribution in [0.3, 0.4) is 0 Å². The molecule has 0 aliphatic rings. The monoisotopic (exact) mass is 356 g/mol. The summed E-state index contributed by atoms with van der Waals surface area (Å²) >= 11 is 0. The van der Waals surface area contributed by atoms with Crippen molar-refractivity contribution in [2.75, 3.05) is 6.61 Å². The molecule has 7 nitrogen and oxygen atoms in total. The fraction of sp³-hybridized carbons (Fsp3) is 0.222. The Morgan fingerprint density at radius 3 is 2.81 bits per heavy atom. The van der Waals surface area contributed by atoms with E-state index in [9.17, 15) is 14.0 Å². The Morgan fingerprint density at radius 1 is 1.23 bits per heavy atom. The first kappa shape index (κ1) is 17.5. The van der Waals surface area contributed by atoms with Gasteiger partial charge in [-0.15, -0.1) is 5.10 Å². The maximum Gasteiger partial charge on any atom is 0.338 e. The van der Waals surface area contributed by atoms with Crippen molar-refractivity contribution in [2.24, 2.45) is 0 Å². The fourth-order valence-electron chi connectivity index (χ4n) is 2.43. The van der Waals surface area contributed by atoms with Gasteiger partial charge in [0.05, 0.1) is 11.1 Å². The second-order valence-electron chi connectivity index (χ2n) is 5.55. The van der Waals surface area contributed by atoms with Gasteiger partial charge in [0, 0.05) is 18.7 Å². The number of nitrogens with zero attached hydrogens (tertiary/aromatic N) is 3. The van der Waals surface area contributed by atoms with Gasteiger partial charge in [-0.1, -0.05) is 23.4 Å². The maximum atomic E-state index is 13.5. The Balaban J connectivity index is 1.55. The standard InChI is InChI=1S/C18H17FN4O3/c1-2-23-16-8-7-12(9-15(16)21-22-23)18(25)26-11-17(24)20-10-13-5-3-4-6-14(13)19/h3-9H,2,10-11H2,1H3,(H,20,24). The minimum absolute atomic E-state index is 0.0230. The third-order valence-corrected chi connectivity index (χ3v) is 3.82. The van der Waals surface area contributed by atoms with Gasteiger partial charge in [-0.2, -0.15) is 0 Å². The summed E-state index contributed by atoms with van der Waals surface area (Å²) in [4.78, 5) is 23.9. The Hall–Kier alpha value is -3.29. The van der Waals surface area contributed by atoms with Crippen LogP contribution in [0.4, 0.5) is 4.39 Å². The molecule has 0 bridgehead atoms. The summed E-state index contributed by atoms with van der Waals surface area (Å²) in [6, 6.07) is 11.0. The number of amides is 1. The van der Waals surface area contributed by atoms with Gasteiger partial charge in [-0.05, 0) is 31.2 Å². The number of carbonyl (C=O) groups is 2. The summed E-state index contributed by atoms with van der Waals surface area (Å²) in [5.74, 6) is -1.56. The normalized spacial score (nSPS) is 10.7. The predicted molar refractivity (Wildman–Crippen MR) is 91.7 cm³/mol. The average Bonchev–Trinajstić information content (AvgIpc) is 3.07. The van der Waals surface area contributed by atoms with Crippen molar-refractivity contribution in [3.05, 3.63) is 59.4 Å². The molecule has 1 amide bonds. The molecule has 3 rings (SSSR count). The zero-order chi connectivity index (χ0) is 18.5. The highest BCUT2D eigenvalue weighted by Crippen LogP contribution is 2.14. The number of halogens is 1. The van der Waals surface area contributed by atoms with E-state index in [1.807, 2.05) is 6.92 Å². The van der Waals surface area contributed by atoms with Crippen LogP contribution in [0.15, 0.2) is 42.5 Å². The van der Waals surface area contributed by atoms with E-state index in [-0.39, 0.29) is 12.1 Å². The molecular formula is C18H17FN4O3. The van der Waals surface area contributed by atoms with Crippen molar-refractivity contribution in [1.29, 1.82) is 0 Å². The van der Waals surface area contributed by atoms with Crippen LogP contribution in [0.25, 0.3) is 11.0 Å². The van der Waals surface area contributed by atoms with Crippen molar-refractivity contribution < 1.29 is 18.7 Å². The van der Waals surface area contributed by atoms with E-state index in [1.54, 1.807) is 41.1 Å². The van der Waals surface area contributed by atoms with Gasteiger partial charge < -0.3 is 10.1 Å². The first-order chi connectivity index (χ1) is 12.6. The number of hydrogen-bond acceptors (Lipinski definition) is 5. The second-order valence-corrected chi connectivity index (χ2v) is 5.55. The van der Waals surface area contributed by atoms with Crippen molar-refractivity contribution in [2.45, 2.75) is 20.0 Å². The van der Waals surface area contributed by atoms with Crippen LogP contribution < -0.4 is 5.32 Å². The molecule has 0 aliphatic carbocycles. The number of aryl methyl sites for hydroxylation is 1. The number of esters is 1. The topological polar surface area (TPSA) is 86.1 Å². The van der Waals surface area contributed by atoms with E-state index in [1.165, 1.54) is 6.07 Å². The number of benzene rings is 2. The molecule has 0 fully saturated rings. The first-order valence-electron chi connectivity index (χ1n) is 8.09. The molecular weight excluding hydrogens is 339 g/mol. The lowest BCUT2D eigenvalue weighted by atomic mass is 10.2. The van der Waals surface area contributed by atoms with Gasteiger partial charge >= 0.3 is 5.97 Å². The first-order valence-corrected chi connectivity index (χ1v) is 8.09. The highest BCUT2D eigenvalue weighted by Gasteiger charge is 2.13. The second kappa shape index (κ2) is 7.73. The predicted octanol–water partition coefficient (Wildman–Crippen LogP) is 2.06. The third kappa shape index (κ3) is 3.85. The Bertz CT molecular complexity index is 955. The molecule has 2 aromatic carbocycles. The van der Waals surface area contributed by atoms with Gasteiger partial charge in [0.2, 0.25) is 0 Å². The fourth-order valence-corrected chi connectivity index (χ4v) is 2.43. The van der Waals surface area contributed by atoms with E-state index < -0.39 is 24.3 Å². The lowest BCUT2D eigenvalue weighted by Crippen LogP contribution is -2.28. The summed E-state index contributed by atoms with van der Waals surface area (Å²) in [5, 5.41) is 10.5. The quantitative estimate of drug-likeness (QED) is 0.683. The van der Waals surface area contributed by atoms with Crippen LogP contribution >= 0.6 is 0 Å². The average molecular weight is 356 g/mol. The molecule has 0 aliphatic heterocycles. The summed E-state index contributed by atoms with van der Waals surface area (Å²) in [5.41, 5.74) is 2.02. The molecule has 0 atom stereocenters. The minimum atomic E-state index is -0.640. The summed E-state index contributed by atoms with van der Waals surface area (Å²) < 4.78 is 20.2. The smallest absolute Gasteiger partial charge is 0.338 e. The molecule has 1 heterocycles. The van der Waals surface area contributed by atoms with Crippen LogP contribution in [0.5, 0.6) is 0 Å². The maximum absolute atomic E-state index is 13.5. The van der Waals surface area contributed by atoms with E-state index in [4.69, 9.17) is 4.74 Å². The Kier molecular flexibility index (Phi) is 5.21. The van der Waals surface area contributed by atoms with Crippen molar-refractivity contribution in [3.63, 3.8) is 0 Å². The molecule has 1 N–H and O–H groups in total. The minimum Gasteiger partial charge on any atom is -0.452 e. The number of rotatable bonds is 6. The molecule has 134 valence electrons. The van der Waals surface area contributed by atoms with E-state index in [0.29, 0.717) is 17.6 Å². The molecule has 0 unspecified atom stereocenters. The number of nitrogens with one attached hydrogen (secondary N) is 1. The van der Waals surface area contributed by atoms with Gasteiger partial charge in [-0.3, -0.25) is 4.79 Å². The molecule has 0 saturated heterocycles. The van der Waals surface area contributed by atoms with Gasteiger partial charge in [0.1, 0.15) is 11.3 Å². The highest BCUT2D eigenvalue weighted by molar-refractivity contribution is 5.94. The van der Waals surface area contributed by atoms with Gasteiger partial charge in [0.25, 0.3) is 5.91 Å². The molecule has 1 aromatic heterocycles. The van der Waals surface area contributed by atoms with Crippen molar-refractivity contribution in [3.8, 4) is 0 Å². The molecule has 26 heavy (non-hydrogen) atoms. The lowest BCUT2D eigenvalue weighted by Gasteiger charge is -2.07. The number of aromatic nitrogens is 3. The van der Waals surface area contributed by atoms with E-state index in [2.05, 4.69) is 15.6 Å². The highest BCUT2D eigenvalue weighted by atomic mass is 19.1. The zero-order valence-electron chi connectivity index (χ0n) is 14.1. The van der Waals surface area contributed by atoms with Crippen LogP contribution in [0.2, 0.25) is 0 Å². The molecule has 0 spiro atoms. The van der Waals surface area contributed by atoms with Gasteiger partial charge in [-0.25, -0.2) is 13.9 Å². The number of ether oxygens (including phenoxy) is 1. The molecule has 3 aromatic rings. The number of fused-ring (bicyclic) bond motifs is 1. The SMILES string of the molecule is CCn1nnc2cc(C(=O)OCC(=O)NCc3ccccc3F)ccc21. The molecule has 0 radical (unpaired) electrons. The van der Waals surface area contributed by atoms with Crippen molar-refractivity contribution in [1.82, 2.24) is 20.3 Å². The third-order valence-electron chi connectivity index (χ3n) is 3.82. The lowest BCUT2D eigenvalue weighted by molar-refractivity contribution is -0.124. The Morgan fingerprint density at radius 2 is 2.04 bits per heavy atom. The van der Waals surface area contributed by atoms with E-state index >= 15 is 0 Å². The largest absolute Gasteiger partial charge is 0.452 e. The van der Waals surface area contributed by atoms with E-state index in [0.717, 1.165) is 5.52 Å². The molecule has 0 saturated carbocycles. The molecule has 8 heteroatoms. The number of hydrogen-bond donors (Lipinski definition) is 1. The Labute approximate surface area is 148 Å². The summed E-state index contributed by atoms with van der Waals surface area (Å²) in [6.07, 6.45) is 0.